The Morgan fingerprint density at radius 1 is 1.19 bits per heavy atom. The van der Waals surface area contributed by atoms with Gasteiger partial charge in [0, 0.05) is 10.0 Å². The van der Waals surface area contributed by atoms with E-state index < -0.39 is 17.7 Å². The molecule has 7 heteroatoms. The van der Waals surface area contributed by atoms with E-state index in [4.69, 9.17) is 29.0 Å². The highest BCUT2D eigenvalue weighted by molar-refractivity contribution is 9.10. The fourth-order valence-corrected chi connectivity index (χ4v) is 3.06. The van der Waals surface area contributed by atoms with Crippen LogP contribution in [0.15, 0.2) is 34.8 Å². The molecule has 0 radical (unpaired) electrons. The first-order chi connectivity index (χ1) is 9.93. The highest BCUT2D eigenvalue weighted by atomic mass is 79.9. The van der Waals surface area contributed by atoms with Crippen molar-refractivity contribution in [2.24, 2.45) is 5.84 Å². The average molecular weight is 396 g/mol. The first-order valence-electron chi connectivity index (χ1n) is 5.97. The Morgan fingerprint density at radius 3 is 2.52 bits per heavy atom. The van der Waals surface area contributed by atoms with Gasteiger partial charge in [-0.3, -0.25) is 11.3 Å². The molecule has 3 N–H and O–H groups in total. The fourth-order valence-electron chi connectivity index (χ4n) is 1.98. The summed E-state index contributed by atoms with van der Waals surface area (Å²) >= 11 is 15.0. The highest BCUT2D eigenvalue weighted by Crippen LogP contribution is 2.31. The van der Waals surface area contributed by atoms with Crippen LogP contribution in [-0.4, -0.2) is 0 Å². The number of benzene rings is 2. The molecule has 2 aromatic carbocycles. The lowest BCUT2D eigenvalue weighted by molar-refractivity contribution is 0.491. The molecule has 2 rings (SSSR count). The third kappa shape index (κ3) is 3.73. The number of nitrogens with one attached hydrogen (secondary N) is 1. The Morgan fingerprint density at radius 2 is 1.90 bits per heavy atom. The number of hydrazine groups is 1. The molecule has 0 heterocycles. The molecule has 1 unspecified atom stereocenters. The van der Waals surface area contributed by atoms with Gasteiger partial charge in [-0.2, -0.15) is 0 Å². The van der Waals surface area contributed by atoms with Crippen LogP contribution in [0.4, 0.5) is 8.78 Å². The number of nitrogens with two attached hydrogens (primary N) is 1. The minimum atomic E-state index is -0.949. The molecule has 2 nitrogen and oxygen atoms in total. The summed E-state index contributed by atoms with van der Waals surface area (Å²) in [4.78, 5) is 0. The van der Waals surface area contributed by atoms with Gasteiger partial charge in [0.15, 0.2) is 11.6 Å². The SMILES string of the molecule is NNC(Cc1ccc(Cl)cc1Cl)c1ccc(F)c(F)c1Br. The summed E-state index contributed by atoms with van der Waals surface area (Å²) < 4.78 is 26.8. The lowest BCUT2D eigenvalue weighted by Gasteiger charge is -2.19. The van der Waals surface area contributed by atoms with Crippen molar-refractivity contribution >= 4 is 39.1 Å². The van der Waals surface area contributed by atoms with Gasteiger partial charge in [0.25, 0.3) is 0 Å². The lowest BCUT2D eigenvalue weighted by atomic mass is 9.99. The number of hydrogen-bond acceptors (Lipinski definition) is 2. The Labute approximate surface area is 139 Å². The molecular weight excluding hydrogens is 385 g/mol. The molecule has 1 atom stereocenters. The largest absolute Gasteiger partial charge is 0.271 e. The molecule has 0 aliphatic carbocycles. The maximum absolute atomic E-state index is 13.6. The molecular formula is C14H11BrCl2F2N2. The van der Waals surface area contributed by atoms with Crippen LogP contribution in [0, 0.1) is 11.6 Å². The van der Waals surface area contributed by atoms with Crippen LogP contribution in [0.5, 0.6) is 0 Å². The van der Waals surface area contributed by atoms with E-state index >= 15 is 0 Å². The van der Waals surface area contributed by atoms with Crippen molar-refractivity contribution in [3.63, 3.8) is 0 Å². The number of hydrogen-bond donors (Lipinski definition) is 2. The lowest BCUT2D eigenvalue weighted by Crippen LogP contribution is -2.30. The van der Waals surface area contributed by atoms with Crippen molar-refractivity contribution in [3.05, 3.63) is 67.6 Å². The van der Waals surface area contributed by atoms with Crippen LogP contribution in [-0.2, 0) is 6.42 Å². The predicted molar refractivity (Wildman–Crippen MR) is 84.3 cm³/mol. The van der Waals surface area contributed by atoms with E-state index in [9.17, 15) is 8.78 Å². The summed E-state index contributed by atoms with van der Waals surface area (Å²) in [5.41, 5.74) is 3.88. The van der Waals surface area contributed by atoms with Gasteiger partial charge in [0.2, 0.25) is 0 Å². The van der Waals surface area contributed by atoms with Gasteiger partial charge in [-0.1, -0.05) is 35.3 Å². The molecule has 0 bridgehead atoms. The van der Waals surface area contributed by atoms with Crippen molar-refractivity contribution < 1.29 is 8.78 Å². The van der Waals surface area contributed by atoms with Gasteiger partial charge in [-0.05, 0) is 51.7 Å². The molecule has 0 saturated carbocycles. The normalized spacial score (nSPS) is 12.5. The van der Waals surface area contributed by atoms with Crippen LogP contribution in [0.2, 0.25) is 10.0 Å². The van der Waals surface area contributed by atoms with E-state index in [2.05, 4.69) is 21.4 Å². The standard InChI is InChI=1S/C14H11BrCl2F2N2/c15-13-9(3-4-11(18)14(13)19)12(21-20)5-7-1-2-8(16)6-10(7)17/h1-4,6,12,21H,5,20H2. The second-order valence-corrected chi connectivity index (χ2v) is 6.06. The summed E-state index contributed by atoms with van der Waals surface area (Å²) in [6, 6.07) is 7.18. The topological polar surface area (TPSA) is 38.0 Å². The second-order valence-electron chi connectivity index (χ2n) is 4.42. The zero-order valence-corrected chi connectivity index (χ0v) is 13.7. The highest BCUT2D eigenvalue weighted by Gasteiger charge is 2.19. The quantitative estimate of drug-likeness (QED) is 0.444. The first kappa shape index (κ1) is 16.6. The van der Waals surface area contributed by atoms with Gasteiger partial charge in [-0.15, -0.1) is 0 Å². The van der Waals surface area contributed by atoms with Crippen molar-refractivity contribution in [1.82, 2.24) is 5.43 Å². The maximum atomic E-state index is 13.6. The maximum Gasteiger partial charge on any atom is 0.173 e. The monoisotopic (exact) mass is 394 g/mol. The molecule has 0 fully saturated rings. The summed E-state index contributed by atoms with van der Waals surface area (Å²) in [5.74, 6) is 3.66. The minimum absolute atomic E-state index is 0.0375. The molecule has 2 aromatic rings. The minimum Gasteiger partial charge on any atom is -0.271 e. The zero-order chi connectivity index (χ0) is 15.6. The molecule has 112 valence electrons. The molecule has 0 amide bonds. The van der Waals surface area contributed by atoms with Crippen LogP contribution in [0.25, 0.3) is 0 Å². The van der Waals surface area contributed by atoms with Crippen molar-refractivity contribution in [1.29, 1.82) is 0 Å². The van der Waals surface area contributed by atoms with E-state index in [1.54, 1.807) is 18.2 Å². The van der Waals surface area contributed by atoms with Crippen molar-refractivity contribution in [3.8, 4) is 0 Å². The first-order valence-corrected chi connectivity index (χ1v) is 7.52. The number of rotatable bonds is 4. The van der Waals surface area contributed by atoms with Gasteiger partial charge >= 0.3 is 0 Å². The van der Waals surface area contributed by atoms with E-state index in [0.717, 1.165) is 11.6 Å². The summed E-state index contributed by atoms with van der Waals surface area (Å²) in [6.45, 7) is 0. The van der Waals surface area contributed by atoms with E-state index in [1.807, 2.05) is 0 Å². The van der Waals surface area contributed by atoms with Gasteiger partial charge in [0.05, 0.1) is 10.5 Å². The third-order valence-electron chi connectivity index (χ3n) is 3.08. The molecule has 0 spiro atoms. The van der Waals surface area contributed by atoms with E-state index in [-0.39, 0.29) is 4.47 Å². The average Bonchev–Trinajstić information content (AvgIpc) is 2.45. The van der Waals surface area contributed by atoms with Gasteiger partial charge in [-0.25, -0.2) is 8.78 Å². The zero-order valence-electron chi connectivity index (χ0n) is 10.6. The van der Waals surface area contributed by atoms with E-state index in [1.165, 1.54) is 6.07 Å². The fraction of sp³-hybridized carbons (Fsp3) is 0.143. The Bertz CT molecular complexity index is 668. The Kier molecular flexibility index (Phi) is 5.57. The third-order valence-corrected chi connectivity index (χ3v) is 4.47. The summed E-state index contributed by atoms with van der Waals surface area (Å²) in [5, 5.41) is 1.01. The Hall–Kier alpha value is -0.720. The van der Waals surface area contributed by atoms with Crippen molar-refractivity contribution in [2.75, 3.05) is 0 Å². The molecule has 0 aromatic heterocycles. The van der Waals surface area contributed by atoms with Gasteiger partial charge < -0.3 is 0 Å². The van der Waals surface area contributed by atoms with Gasteiger partial charge in [0.1, 0.15) is 0 Å². The second kappa shape index (κ2) is 7.03. The summed E-state index contributed by atoms with van der Waals surface area (Å²) in [7, 11) is 0. The number of halogens is 5. The molecule has 0 saturated heterocycles. The predicted octanol–water partition coefficient (Wildman–Crippen LogP) is 4.78. The van der Waals surface area contributed by atoms with Crippen LogP contribution >= 0.6 is 39.1 Å². The summed E-state index contributed by atoms with van der Waals surface area (Å²) in [6.07, 6.45) is 0.399. The molecule has 0 aliphatic rings. The van der Waals surface area contributed by atoms with Crippen LogP contribution < -0.4 is 11.3 Å². The molecule has 21 heavy (non-hydrogen) atoms. The van der Waals surface area contributed by atoms with E-state index in [0.29, 0.717) is 22.0 Å². The van der Waals surface area contributed by atoms with Crippen molar-refractivity contribution in [2.45, 2.75) is 12.5 Å². The van der Waals surface area contributed by atoms with Crippen LogP contribution in [0.1, 0.15) is 17.2 Å². The smallest absolute Gasteiger partial charge is 0.173 e. The Balaban J connectivity index is 2.34. The van der Waals surface area contributed by atoms with Crippen LogP contribution in [0.3, 0.4) is 0 Å². The molecule has 0 aliphatic heterocycles.